The number of methoxy groups -OCH3 is 1. The van der Waals surface area contributed by atoms with Gasteiger partial charge in [0.25, 0.3) is 0 Å². The van der Waals surface area contributed by atoms with E-state index < -0.39 is 12.1 Å². The molecule has 2 rings (SSSR count). The molecule has 0 spiro atoms. The highest BCUT2D eigenvalue weighted by molar-refractivity contribution is 6.00. The first-order chi connectivity index (χ1) is 13.4. The van der Waals surface area contributed by atoms with Crippen molar-refractivity contribution in [2.75, 3.05) is 36.6 Å². The van der Waals surface area contributed by atoms with Gasteiger partial charge >= 0.3 is 12.1 Å². The van der Waals surface area contributed by atoms with E-state index >= 15 is 0 Å². The Morgan fingerprint density at radius 2 is 1.82 bits per heavy atom. The van der Waals surface area contributed by atoms with Gasteiger partial charge < -0.3 is 36.9 Å². The monoisotopic (exact) mass is 387 g/mol. The van der Waals surface area contributed by atoms with Crippen molar-refractivity contribution >= 4 is 29.2 Å². The van der Waals surface area contributed by atoms with Crippen LogP contribution in [0.25, 0.3) is 0 Å². The Morgan fingerprint density at radius 1 is 1.11 bits per heavy atom. The zero-order valence-electron chi connectivity index (χ0n) is 15.8. The van der Waals surface area contributed by atoms with Crippen molar-refractivity contribution in [3.8, 4) is 5.75 Å². The summed E-state index contributed by atoms with van der Waals surface area (Å²) >= 11 is 0. The second-order valence-corrected chi connectivity index (χ2v) is 5.95. The van der Waals surface area contributed by atoms with Gasteiger partial charge in [0.15, 0.2) is 0 Å². The molecule has 2 aromatic carbocycles. The lowest BCUT2D eigenvalue weighted by Crippen LogP contribution is -2.29. The summed E-state index contributed by atoms with van der Waals surface area (Å²) in [5, 5.41) is 8.15. The van der Waals surface area contributed by atoms with Crippen LogP contribution in [-0.2, 0) is 4.74 Å². The fraction of sp³-hybridized carbons (Fsp3) is 0.263. The fourth-order valence-corrected chi connectivity index (χ4v) is 2.42. The van der Waals surface area contributed by atoms with E-state index in [0.717, 1.165) is 5.56 Å². The topological polar surface area (TPSA) is 141 Å². The summed E-state index contributed by atoms with van der Waals surface area (Å²) in [5.41, 5.74) is 13.5. The predicted molar refractivity (Wildman–Crippen MR) is 108 cm³/mol. The SMILES string of the molecule is COc1cc(NC(=O)Nc2cccc([C@H](C)NC(=O)OCCN)c2)ccc1N. The lowest BCUT2D eigenvalue weighted by Gasteiger charge is -2.16. The molecule has 28 heavy (non-hydrogen) atoms. The first-order valence-electron chi connectivity index (χ1n) is 8.67. The minimum atomic E-state index is -0.550. The van der Waals surface area contributed by atoms with Crippen molar-refractivity contribution in [2.45, 2.75) is 13.0 Å². The first-order valence-corrected chi connectivity index (χ1v) is 8.67. The van der Waals surface area contributed by atoms with Gasteiger partial charge in [0, 0.05) is 24.0 Å². The largest absolute Gasteiger partial charge is 0.495 e. The fourth-order valence-electron chi connectivity index (χ4n) is 2.42. The van der Waals surface area contributed by atoms with E-state index in [2.05, 4.69) is 16.0 Å². The molecule has 0 saturated heterocycles. The average Bonchev–Trinajstić information content (AvgIpc) is 2.68. The number of amides is 3. The van der Waals surface area contributed by atoms with Crippen LogP contribution in [-0.4, -0.2) is 32.4 Å². The molecular weight excluding hydrogens is 362 g/mol. The first kappa shape index (κ1) is 20.8. The Balaban J connectivity index is 1.98. The minimum absolute atomic E-state index is 0.149. The molecule has 7 N–H and O–H groups in total. The van der Waals surface area contributed by atoms with E-state index in [9.17, 15) is 9.59 Å². The molecule has 0 unspecified atom stereocenters. The molecule has 0 aliphatic heterocycles. The van der Waals surface area contributed by atoms with Gasteiger partial charge in [0.05, 0.1) is 18.8 Å². The number of rotatable bonds is 7. The molecule has 0 saturated carbocycles. The van der Waals surface area contributed by atoms with Crippen LogP contribution in [0.2, 0.25) is 0 Å². The number of hydrogen-bond acceptors (Lipinski definition) is 6. The molecule has 0 bridgehead atoms. The summed E-state index contributed by atoms with van der Waals surface area (Å²) in [4.78, 5) is 23.9. The highest BCUT2D eigenvalue weighted by atomic mass is 16.5. The normalized spacial score (nSPS) is 11.2. The van der Waals surface area contributed by atoms with Crippen LogP contribution in [0.5, 0.6) is 5.75 Å². The van der Waals surface area contributed by atoms with E-state index in [1.807, 2.05) is 13.0 Å². The summed E-state index contributed by atoms with van der Waals surface area (Å²) < 4.78 is 10.0. The predicted octanol–water partition coefficient (Wildman–Crippen LogP) is 2.67. The van der Waals surface area contributed by atoms with Crippen molar-refractivity contribution < 1.29 is 19.1 Å². The van der Waals surface area contributed by atoms with Crippen LogP contribution in [0.4, 0.5) is 26.7 Å². The molecule has 0 fully saturated rings. The summed E-state index contributed by atoms with van der Waals surface area (Å²) in [6, 6.07) is 11.3. The van der Waals surface area contributed by atoms with Gasteiger partial charge in [-0.05, 0) is 36.8 Å². The van der Waals surface area contributed by atoms with E-state index in [-0.39, 0.29) is 19.2 Å². The third kappa shape index (κ3) is 6.06. The van der Waals surface area contributed by atoms with Crippen molar-refractivity contribution in [3.63, 3.8) is 0 Å². The molecule has 9 heteroatoms. The Bertz CT molecular complexity index is 828. The summed E-state index contributed by atoms with van der Waals surface area (Å²) in [6.45, 7) is 2.22. The van der Waals surface area contributed by atoms with Crippen molar-refractivity contribution in [1.82, 2.24) is 5.32 Å². The maximum absolute atomic E-state index is 12.2. The number of urea groups is 1. The Kier molecular flexibility index (Phi) is 7.46. The number of nitrogens with two attached hydrogens (primary N) is 2. The summed E-state index contributed by atoms with van der Waals surface area (Å²) in [7, 11) is 1.50. The van der Waals surface area contributed by atoms with Gasteiger partial charge in [-0.25, -0.2) is 9.59 Å². The quantitative estimate of drug-likeness (QED) is 0.463. The average molecular weight is 387 g/mol. The number of anilines is 3. The number of carbonyl (C=O) groups excluding carboxylic acids is 2. The van der Waals surface area contributed by atoms with Crippen LogP contribution in [0.3, 0.4) is 0 Å². The minimum Gasteiger partial charge on any atom is -0.495 e. The van der Waals surface area contributed by atoms with Crippen LogP contribution in [0, 0.1) is 0 Å². The lowest BCUT2D eigenvalue weighted by atomic mass is 10.1. The molecule has 3 amide bonds. The van der Waals surface area contributed by atoms with E-state index in [4.69, 9.17) is 20.9 Å². The second kappa shape index (κ2) is 10.0. The summed E-state index contributed by atoms with van der Waals surface area (Å²) in [5.74, 6) is 0.473. The van der Waals surface area contributed by atoms with E-state index in [1.165, 1.54) is 7.11 Å². The van der Waals surface area contributed by atoms with Gasteiger partial charge in [-0.3, -0.25) is 0 Å². The molecule has 0 aliphatic carbocycles. The smallest absolute Gasteiger partial charge is 0.407 e. The third-order valence-corrected chi connectivity index (χ3v) is 3.82. The number of ether oxygens (including phenoxy) is 2. The highest BCUT2D eigenvalue weighted by Crippen LogP contribution is 2.25. The van der Waals surface area contributed by atoms with Crippen molar-refractivity contribution in [3.05, 3.63) is 48.0 Å². The van der Waals surface area contributed by atoms with E-state index in [0.29, 0.717) is 22.8 Å². The van der Waals surface area contributed by atoms with Gasteiger partial charge in [-0.15, -0.1) is 0 Å². The molecule has 0 radical (unpaired) electrons. The van der Waals surface area contributed by atoms with E-state index in [1.54, 1.807) is 36.4 Å². The third-order valence-electron chi connectivity index (χ3n) is 3.82. The summed E-state index contributed by atoms with van der Waals surface area (Å²) in [6.07, 6.45) is -0.550. The van der Waals surface area contributed by atoms with Crippen LogP contribution >= 0.6 is 0 Å². The van der Waals surface area contributed by atoms with Crippen LogP contribution in [0.1, 0.15) is 18.5 Å². The number of hydrogen-bond donors (Lipinski definition) is 5. The van der Waals surface area contributed by atoms with Gasteiger partial charge in [-0.2, -0.15) is 0 Å². The standard InChI is InChI=1S/C19H25N5O4/c1-12(22-19(26)28-9-8-20)13-4-3-5-14(10-13)23-18(25)24-15-6-7-16(21)17(11-15)27-2/h3-7,10-12H,8-9,20-21H2,1-2H3,(H,22,26)(H2,23,24,25)/t12-/m0/s1. The van der Waals surface area contributed by atoms with Gasteiger partial charge in [0.1, 0.15) is 12.4 Å². The molecule has 2 aromatic rings. The number of nitrogens with one attached hydrogen (secondary N) is 3. The highest BCUT2D eigenvalue weighted by Gasteiger charge is 2.12. The molecule has 1 atom stereocenters. The van der Waals surface area contributed by atoms with Crippen LogP contribution in [0.15, 0.2) is 42.5 Å². The molecule has 0 aromatic heterocycles. The number of alkyl carbamates (subject to hydrolysis) is 1. The Labute approximate surface area is 163 Å². The zero-order chi connectivity index (χ0) is 20.5. The maximum atomic E-state index is 12.2. The second-order valence-electron chi connectivity index (χ2n) is 5.95. The number of benzene rings is 2. The van der Waals surface area contributed by atoms with Crippen molar-refractivity contribution in [2.24, 2.45) is 5.73 Å². The molecular formula is C19H25N5O4. The number of carbonyl (C=O) groups is 2. The lowest BCUT2D eigenvalue weighted by molar-refractivity contribution is 0.146. The maximum Gasteiger partial charge on any atom is 0.407 e. The molecule has 150 valence electrons. The Hall–Kier alpha value is -3.46. The van der Waals surface area contributed by atoms with Gasteiger partial charge in [-0.1, -0.05) is 12.1 Å². The van der Waals surface area contributed by atoms with Gasteiger partial charge in [0.2, 0.25) is 0 Å². The molecule has 9 nitrogen and oxygen atoms in total. The van der Waals surface area contributed by atoms with Crippen molar-refractivity contribution in [1.29, 1.82) is 0 Å². The Morgan fingerprint density at radius 3 is 2.50 bits per heavy atom. The zero-order valence-corrected chi connectivity index (χ0v) is 15.8. The molecule has 0 aliphatic rings. The molecule has 0 heterocycles. The number of nitrogen functional groups attached to an aromatic ring is 1. The van der Waals surface area contributed by atoms with Crippen LogP contribution < -0.4 is 32.2 Å².